The van der Waals surface area contributed by atoms with Gasteiger partial charge in [-0.25, -0.2) is 9.97 Å². The second-order valence-corrected chi connectivity index (χ2v) is 9.01. The molecule has 30 heavy (non-hydrogen) atoms. The zero-order valence-electron chi connectivity index (χ0n) is 17.5. The highest BCUT2D eigenvalue weighted by Crippen LogP contribution is 2.34. The van der Waals surface area contributed by atoms with Gasteiger partial charge in [0, 0.05) is 16.8 Å². The monoisotopic (exact) mass is 446 g/mol. The molecule has 1 fully saturated rings. The third-order valence-corrected chi connectivity index (χ3v) is 6.81. The minimum Gasteiger partial charge on any atom is -0.477 e. The van der Waals surface area contributed by atoms with Crippen molar-refractivity contribution in [1.82, 2.24) is 19.9 Å². The van der Waals surface area contributed by atoms with Gasteiger partial charge in [-0.2, -0.15) is 0 Å². The van der Waals surface area contributed by atoms with Gasteiger partial charge in [0.1, 0.15) is 10.8 Å². The molecule has 5 nitrogen and oxygen atoms in total. The van der Waals surface area contributed by atoms with Gasteiger partial charge in [0.2, 0.25) is 5.88 Å². The summed E-state index contributed by atoms with van der Waals surface area (Å²) in [5, 5.41) is 1.18. The summed E-state index contributed by atoms with van der Waals surface area (Å²) in [6, 6.07) is 5.65. The van der Waals surface area contributed by atoms with Crippen LogP contribution >= 0.6 is 23.2 Å². The van der Waals surface area contributed by atoms with E-state index in [9.17, 15) is 0 Å². The van der Waals surface area contributed by atoms with Crippen LogP contribution in [0.4, 0.5) is 0 Å². The molecule has 0 radical (unpaired) electrons. The van der Waals surface area contributed by atoms with E-state index in [0.717, 1.165) is 34.5 Å². The Kier molecular flexibility index (Phi) is 6.81. The largest absolute Gasteiger partial charge is 0.477 e. The second-order valence-electron chi connectivity index (χ2n) is 8.22. The topological polar surface area (TPSA) is 54.0 Å². The molecule has 1 N–H and O–H groups in total. The lowest BCUT2D eigenvalue weighted by Gasteiger charge is -2.28. The lowest BCUT2D eigenvalue weighted by molar-refractivity contribution is 0.205. The second kappa shape index (κ2) is 9.54. The van der Waals surface area contributed by atoms with Crippen LogP contribution in [0.5, 0.6) is 5.88 Å². The van der Waals surface area contributed by atoms with Crippen LogP contribution in [0.3, 0.4) is 0 Å². The number of H-pyrrole nitrogens is 1. The Hall–Kier alpha value is -1.82. The van der Waals surface area contributed by atoms with Crippen molar-refractivity contribution in [3.05, 3.63) is 40.0 Å². The zero-order chi connectivity index (χ0) is 21.1. The van der Waals surface area contributed by atoms with Crippen LogP contribution in [-0.2, 0) is 0 Å². The number of hydrogen-bond donors (Lipinski definition) is 1. The van der Waals surface area contributed by atoms with Crippen molar-refractivity contribution in [2.75, 3.05) is 26.7 Å². The first-order chi connectivity index (χ1) is 14.5. The van der Waals surface area contributed by atoms with Crippen LogP contribution in [0.1, 0.15) is 37.7 Å². The summed E-state index contributed by atoms with van der Waals surface area (Å²) >= 11 is 12.8. The van der Waals surface area contributed by atoms with Crippen molar-refractivity contribution in [2.24, 2.45) is 5.92 Å². The van der Waals surface area contributed by atoms with Gasteiger partial charge >= 0.3 is 0 Å². The Balaban J connectivity index is 1.37. The predicted molar refractivity (Wildman–Crippen MR) is 124 cm³/mol. The number of aryl methyl sites for hydroxylation is 1. The number of piperidine rings is 1. The van der Waals surface area contributed by atoms with Crippen LogP contribution in [0.15, 0.2) is 24.4 Å². The Labute approximate surface area is 187 Å². The van der Waals surface area contributed by atoms with E-state index in [1.165, 1.54) is 38.8 Å². The highest BCUT2D eigenvalue weighted by atomic mass is 35.5. The molecule has 3 aromatic rings. The summed E-state index contributed by atoms with van der Waals surface area (Å²) in [4.78, 5) is 14.8. The maximum absolute atomic E-state index is 6.61. The number of aromatic amines is 1. The first kappa shape index (κ1) is 21.4. The first-order valence-electron chi connectivity index (χ1n) is 10.6. The molecule has 3 heterocycles. The van der Waals surface area contributed by atoms with E-state index in [4.69, 9.17) is 32.9 Å². The van der Waals surface area contributed by atoms with E-state index >= 15 is 0 Å². The molecule has 4 rings (SSSR count). The van der Waals surface area contributed by atoms with Gasteiger partial charge in [-0.3, -0.25) is 0 Å². The molecule has 1 aliphatic heterocycles. The van der Waals surface area contributed by atoms with Crippen LogP contribution in [-0.4, -0.2) is 46.6 Å². The minimum atomic E-state index is 0.462. The van der Waals surface area contributed by atoms with E-state index in [2.05, 4.69) is 21.9 Å². The number of ether oxygens (including phenoxy) is 1. The Morgan fingerprint density at radius 2 is 1.97 bits per heavy atom. The number of fused-ring (bicyclic) bond motifs is 1. The highest BCUT2D eigenvalue weighted by Gasteiger charge is 2.17. The lowest BCUT2D eigenvalue weighted by Crippen LogP contribution is -2.30. The zero-order valence-corrected chi connectivity index (χ0v) is 19.1. The molecule has 0 saturated carbocycles. The van der Waals surface area contributed by atoms with Gasteiger partial charge in [-0.15, -0.1) is 0 Å². The van der Waals surface area contributed by atoms with Crippen LogP contribution in [0.25, 0.3) is 22.4 Å². The Morgan fingerprint density at radius 1 is 1.17 bits per heavy atom. The average Bonchev–Trinajstić information content (AvgIpc) is 3.18. The van der Waals surface area contributed by atoms with Crippen molar-refractivity contribution in [1.29, 1.82) is 0 Å². The highest BCUT2D eigenvalue weighted by molar-refractivity contribution is 6.34. The van der Waals surface area contributed by atoms with Gasteiger partial charge in [0.15, 0.2) is 0 Å². The Morgan fingerprint density at radius 3 is 2.77 bits per heavy atom. The molecule has 0 amide bonds. The number of aromatic nitrogens is 3. The standard InChI is InChI=1S/C23H28Cl2N4O/c1-15-18(24)6-7-19-21(15)28-22(27-19)17-8-11-26-23(20(17)25)30-14-4-3-5-16-9-12-29(2)13-10-16/h6-8,11,16H,3-5,9-10,12-14H2,1-2H3,(H,27,28). The van der Waals surface area contributed by atoms with E-state index in [0.29, 0.717) is 28.4 Å². The number of nitrogens with one attached hydrogen (secondary N) is 1. The van der Waals surface area contributed by atoms with Crippen LogP contribution in [0.2, 0.25) is 10.0 Å². The number of nitrogens with zero attached hydrogens (tertiary/aromatic N) is 3. The molecular weight excluding hydrogens is 419 g/mol. The number of benzene rings is 1. The van der Waals surface area contributed by atoms with Crippen molar-refractivity contribution < 1.29 is 4.74 Å². The molecule has 1 saturated heterocycles. The van der Waals surface area contributed by atoms with Crippen LogP contribution < -0.4 is 4.74 Å². The molecule has 1 aromatic carbocycles. The van der Waals surface area contributed by atoms with Gasteiger partial charge in [0.05, 0.1) is 17.6 Å². The van der Waals surface area contributed by atoms with E-state index in [-0.39, 0.29) is 0 Å². The number of halogens is 2. The lowest BCUT2D eigenvalue weighted by atomic mass is 9.92. The van der Waals surface area contributed by atoms with Gasteiger partial charge < -0.3 is 14.6 Å². The maximum Gasteiger partial charge on any atom is 0.233 e. The van der Waals surface area contributed by atoms with Crippen LogP contribution in [0, 0.1) is 12.8 Å². The number of likely N-dealkylation sites (tertiary alicyclic amines) is 1. The molecule has 160 valence electrons. The van der Waals surface area contributed by atoms with E-state index < -0.39 is 0 Å². The smallest absolute Gasteiger partial charge is 0.233 e. The first-order valence-corrected chi connectivity index (χ1v) is 11.4. The fourth-order valence-corrected chi connectivity index (χ4v) is 4.49. The number of rotatable bonds is 7. The maximum atomic E-state index is 6.61. The summed E-state index contributed by atoms with van der Waals surface area (Å²) in [6.07, 6.45) is 7.80. The molecular formula is C23H28Cl2N4O. The average molecular weight is 447 g/mol. The molecule has 1 aliphatic rings. The SMILES string of the molecule is Cc1c(Cl)ccc2[nH]c(-c3ccnc(OCCCCC4CCN(C)CC4)c3Cl)nc12. The summed E-state index contributed by atoms with van der Waals surface area (Å²) in [7, 11) is 2.20. The number of unbranched alkanes of at least 4 members (excludes halogenated alkanes) is 1. The fourth-order valence-electron chi connectivity index (χ4n) is 4.08. The van der Waals surface area contributed by atoms with Gasteiger partial charge in [-0.05, 0) is 82.4 Å². The molecule has 0 bridgehead atoms. The molecule has 7 heteroatoms. The summed E-state index contributed by atoms with van der Waals surface area (Å²) in [5.41, 5.74) is 3.50. The number of hydrogen-bond acceptors (Lipinski definition) is 4. The molecule has 0 atom stereocenters. The van der Waals surface area contributed by atoms with Gasteiger partial charge in [0.25, 0.3) is 0 Å². The molecule has 0 spiro atoms. The summed E-state index contributed by atoms with van der Waals surface area (Å²) < 4.78 is 5.91. The van der Waals surface area contributed by atoms with Crippen molar-refractivity contribution in [3.63, 3.8) is 0 Å². The molecule has 0 aliphatic carbocycles. The van der Waals surface area contributed by atoms with Crippen molar-refractivity contribution in [2.45, 2.75) is 39.0 Å². The fraction of sp³-hybridized carbons (Fsp3) is 0.478. The van der Waals surface area contributed by atoms with E-state index in [1.54, 1.807) is 6.20 Å². The third-order valence-electron chi connectivity index (χ3n) is 6.04. The Bertz CT molecular complexity index is 1010. The van der Waals surface area contributed by atoms with Gasteiger partial charge in [-0.1, -0.05) is 29.6 Å². The summed E-state index contributed by atoms with van der Waals surface area (Å²) in [5.74, 6) is 2.01. The summed E-state index contributed by atoms with van der Waals surface area (Å²) in [6.45, 7) is 5.03. The van der Waals surface area contributed by atoms with Crippen molar-refractivity contribution >= 4 is 34.2 Å². The van der Waals surface area contributed by atoms with Crippen molar-refractivity contribution in [3.8, 4) is 17.3 Å². The third kappa shape index (κ3) is 4.74. The normalized spacial score (nSPS) is 15.7. The minimum absolute atomic E-state index is 0.462. The molecule has 2 aromatic heterocycles. The van der Waals surface area contributed by atoms with E-state index in [1.807, 2.05) is 25.1 Å². The predicted octanol–water partition coefficient (Wildman–Crippen LogP) is 6.13. The molecule has 0 unspecified atom stereocenters. The number of imidazole rings is 1. The number of pyridine rings is 1. The quantitative estimate of drug-likeness (QED) is 0.443.